The maximum atomic E-state index is 12.6. The Kier molecular flexibility index (Phi) is 7.70. The highest BCUT2D eigenvalue weighted by molar-refractivity contribution is 6.17. The van der Waals surface area contributed by atoms with Crippen LogP contribution in [-0.2, 0) is 11.3 Å². The summed E-state index contributed by atoms with van der Waals surface area (Å²) < 4.78 is 5.22. The second-order valence-electron chi connectivity index (χ2n) is 6.85. The number of alkyl halides is 1. The fraction of sp³-hybridized carbons (Fsp3) is 0.304. The minimum Gasteiger partial charge on any atom is -0.423 e. The van der Waals surface area contributed by atoms with Crippen molar-refractivity contribution in [3.8, 4) is 0 Å². The van der Waals surface area contributed by atoms with Gasteiger partial charge in [0.05, 0.1) is 5.69 Å². The van der Waals surface area contributed by atoms with Gasteiger partial charge >= 0.3 is 5.63 Å². The van der Waals surface area contributed by atoms with Crippen LogP contribution in [-0.4, -0.2) is 29.8 Å². The van der Waals surface area contributed by atoms with Crippen LogP contribution in [0.25, 0.3) is 11.0 Å². The number of benzene rings is 2. The third-order valence-electron chi connectivity index (χ3n) is 4.66. The molecule has 0 aliphatic rings. The van der Waals surface area contributed by atoms with Crippen molar-refractivity contribution >= 4 is 34.2 Å². The summed E-state index contributed by atoms with van der Waals surface area (Å²) in [4.78, 5) is 26.2. The quantitative estimate of drug-likeness (QED) is 0.299. The molecule has 3 rings (SSSR count). The van der Waals surface area contributed by atoms with E-state index in [4.69, 9.17) is 16.0 Å². The van der Waals surface area contributed by atoms with Crippen LogP contribution in [0.1, 0.15) is 24.8 Å². The standard InChI is InChI=1S/C23H25ClN2O3/c24-13-6-12-22(27)26(17-18-8-2-1-3-9-18)15-7-14-25-20-16-23(28)29-21-11-5-4-10-19(20)21/h1-5,8-11,16,25H,6-7,12-15,17H2. The first-order chi connectivity index (χ1) is 14.2. The molecule has 0 radical (unpaired) electrons. The number of halogens is 1. The SMILES string of the molecule is O=C(CCCCl)N(CCCNc1cc(=O)oc2ccccc12)Cc1ccccc1. The average molecular weight is 413 g/mol. The van der Waals surface area contributed by atoms with Crippen molar-refractivity contribution in [1.29, 1.82) is 0 Å². The van der Waals surface area contributed by atoms with Crippen molar-refractivity contribution in [2.75, 3.05) is 24.3 Å². The highest BCUT2D eigenvalue weighted by Gasteiger charge is 2.13. The van der Waals surface area contributed by atoms with E-state index in [-0.39, 0.29) is 11.5 Å². The molecule has 5 nitrogen and oxygen atoms in total. The molecule has 0 fully saturated rings. The van der Waals surface area contributed by atoms with Gasteiger partial charge in [0.2, 0.25) is 5.91 Å². The summed E-state index contributed by atoms with van der Waals surface area (Å²) in [5.74, 6) is 0.594. The highest BCUT2D eigenvalue weighted by atomic mass is 35.5. The Bertz CT molecular complexity index is 988. The minimum atomic E-state index is -0.381. The Morgan fingerprint density at radius 1 is 1.03 bits per heavy atom. The molecule has 1 heterocycles. The van der Waals surface area contributed by atoms with E-state index >= 15 is 0 Å². The maximum absolute atomic E-state index is 12.6. The Labute approximate surface area is 175 Å². The number of rotatable bonds is 10. The molecule has 0 spiro atoms. The van der Waals surface area contributed by atoms with Gasteiger partial charge in [-0.1, -0.05) is 42.5 Å². The van der Waals surface area contributed by atoms with Gasteiger partial charge in [0.25, 0.3) is 0 Å². The molecule has 1 aromatic heterocycles. The maximum Gasteiger partial charge on any atom is 0.338 e. The first kappa shape index (κ1) is 20.9. The van der Waals surface area contributed by atoms with E-state index < -0.39 is 0 Å². The van der Waals surface area contributed by atoms with Crippen LogP contribution in [0.15, 0.2) is 69.9 Å². The monoisotopic (exact) mass is 412 g/mol. The van der Waals surface area contributed by atoms with Crippen LogP contribution >= 0.6 is 11.6 Å². The average Bonchev–Trinajstić information content (AvgIpc) is 2.74. The Morgan fingerprint density at radius 2 is 1.79 bits per heavy atom. The van der Waals surface area contributed by atoms with E-state index in [0.29, 0.717) is 43.9 Å². The molecule has 2 aromatic carbocycles. The van der Waals surface area contributed by atoms with Gasteiger partial charge in [-0.05, 0) is 30.5 Å². The molecule has 0 bridgehead atoms. The molecule has 3 aromatic rings. The largest absolute Gasteiger partial charge is 0.423 e. The predicted molar refractivity (Wildman–Crippen MR) is 117 cm³/mol. The van der Waals surface area contributed by atoms with Gasteiger partial charge in [0.1, 0.15) is 5.58 Å². The van der Waals surface area contributed by atoms with Crippen molar-refractivity contribution in [3.05, 3.63) is 76.6 Å². The number of hydrogen-bond acceptors (Lipinski definition) is 4. The second-order valence-corrected chi connectivity index (χ2v) is 7.23. The van der Waals surface area contributed by atoms with Crippen LogP contribution in [0, 0.1) is 0 Å². The third-order valence-corrected chi connectivity index (χ3v) is 4.93. The zero-order valence-electron chi connectivity index (χ0n) is 16.3. The minimum absolute atomic E-state index is 0.111. The highest BCUT2D eigenvalue weighted by Crippen LogP contribution is 2.20. The van der Waals surface area contributed by atoms with Gasteiger partial charge in [-0.2, -0.15) is 0 Å². The number of hydrogen-bond donors (Lipinski definition) is 1. The van der Waals surface area contributed by atoms with E-state index in [1.807, 2.05) is 53.4 Å². The molecule has 0 aliphatic heterocycles. The number of anilines is 1. The number of carbonyl (C=O) groups excluding carboxylic acids is 1. The number of carbonyl (C=O) groups is 1. The molecule has 0 atom stereocenters. The van der Waals surface area contributed by atoms with E-state index in [9.17, 15) is 9.59 Å². The molecule has 0 saturated heterocycles. The first-order valence-electron chi connectivity index (χ1n) is 9.82. The summed E-state index contributed by atoms with van der Waals surface area (Å²) >= 11 is 5.75. The number of nitrogens with zero attached hydrogens (tertiary/aromatic N) is 1. The van der Waals surface area contributed by atoms with Crippen LogP contribution in [0.5, 0.6) is 0 Å². The molecule has 1 N–H and O–H groups in total. The van der Waals surface area contributed by atoms with Crippen molar-refractivity contribution in [1.82, 2.24) is 4.90 Å². The molecular weight excluding hydrogens is 388 g/mol. The Hall–Kier alpha value is -2.79. The van der Waals surface area contributed by atoms with Crippen LogP contribution in [0.3, 0.4) is 0 Å². The van der Waals surface area contributed by atoms with Crippen molar-refractivity contribution in [2.24, 2.45) is 0 Å². The summed E-state index contributed by atoms with van der Waals surface area (Å²) in [7, 11) is 0. The molecule has 152 valence electrons. The number of nitrogens with one attached hydrogen (secondary N) is 1. The van der Waals surface area contributed by atoms with Gasteiger partial charge in [0, 0.05) is 43.4 Å². The zero-order chi connectivity index (χ0) is 20.5. The van der Waals surface area contributed by atoms with E-state index in [0.717, 1.165) is 23.1 Å². The lowest BCUT2D eigenvalue weighted by Crippen LogP contribution is -2.32. The third kappa shape index (κ3) is 6.09. The molecule has 29 heavy (non-hydrogen) atoms. The molecule has 6 heteroatoms. The molecule has 1 amide bonds. The zero-order valence-corrected chi connectivity index (χ0v) is 17.0. The van der Waals surface area contributed by atoms with Gasteiger partial charge < -0.3 is 14.6 Å². The topological polar surface area (TPSA) is 62.6 Å². The molecule has 0 saturated carbocycles. The summed E-state index contributed by atoms with van der Waals surface area (Å²) in [5, 5.41) is 4.18. The van der Waals surface area contributed by atoms with Crippen molar-refractivity contribution in [3.63, 3.8) is 0 Å². The van der Waals surface area contributed by atoms with Crippen molar-refractivity contribution in [2.45, 2.75) is 25.8 Å². The number of amides is 1. The van der Waals surface area contributed by atoms with Gasteiger partial charge in [-0.25, -0.2) is 4.79 Å². The fourth-order valence-electron chi connectivity index (χ4n) is 3.22. The fourth-order valence-corrected chi connectivity index (χ4v) is 3.36. The first-order valence-corrected chi connectivity index (χ1v) is 10.4. The van der Waals surface area contributed by atoms with Crippen molar-refractivity contribution < 1.29 is 9.21 Å². The molecule has 0 unspecified atom stereocenters. The molecule has 0 aliphatic carbocycles. The summed E-state index contributed by atoms with van der Waals surface area (Å²) in [6.07, 6.45) is 1.89. The van der Waals surface area contributed by atoms with Gasteiger partial charge in [0.15, 0.2) is 0 Å². The van der Waals surface area contributed by atoms with Crippen LogP contribution in [0.4, 0.5) is 5.69 Å². The smallest absolute Gasteiger partial charge is 0.338 e. The second kappa shape index (κ2) is 10.7. The van der Waals surface area contributed by atoms with Crippen LogP contribution < -0.4 is 10.9 Å². The molecular formula is C23H25ClN2O3. The summed E-state index contributed by atoms with van der Waals surface area (Å²) in [6, 6.07) is 18.9. The number of para-hydroxylation sites is 1. The lowest BCUT2D eigenvalue weighted by atomic mass is 10.2. The predicted octanol–water partition coefficient (Wildman–Crippen LogP) is 4.64. The van der Waals surface area contributed by atoms with E-state index in [2.05, 4.69) is 5.32 Å². The number of fused-ring (bicyclic) bond motifs is 1. The van der Waals surface area contributed by atoms with Crippen LogP contribution in [0.2, 0.25) is 0 Å². The summed E-state index contributed by atoms with van der Waals surface area (Å²) in [5.41, 5.74) is 2.03. The van der Waals surface area contributed by atoms with E-state index in [1.54, 1.807) is 6.07 Å². The van der Waals surface area contributed by atoms with Gasteiger partial charge in [-0.3, -0.25) is 4.79 Å². The normalized spacial score (nSPS) is 10.8. The lowest BCUT2D eigenvalue weighted by Gasteiger charge is -2.23. The summed E-state index contributed by atoms with van der Waals surface area (Å²) in [6.45, 7) is 1.85. The van der Waals surface area contributed by atoms with E-state index in [1.165, 1.54) is 6.07 Å². The lowest BCUT2D eigenvalue weighted by molar-refractivity contribution is -0.131. The Morgan fingerprint density at radius 3 is 2.59 bits per heavy atom. The Balaban J connectivity index is 1.61. The van der Waals surface area contributed by atoms with Gasteiger partial charge in [-0.15, -0.1) is 11.6 Å².